The molecule has 0 radical (unpaired) electrons. The Morgan fingerprint density at radius 3 is 1.11 bits per heavy atom. The summed E-state index contributed by atoms with van der Waals surface area (Å²) in [4.78, 5) is 24.6. The highest BCUT2D eigenvalue weighted by atomic mass is 16.5. The van der Waals surface area contributed by atoms with Crippen LogP contribution in [0.3, 0.4) is 0 Å². The number of hydrogen-bond acceptors (Lipinski definition) is 5. The Balaban J connectivity index is 3.41. The molecule has 6 heteroatoms. The van der Waals surface area contributed by atoms with Gasteiger partial charge in [0.1, 0.15) is 0 Å². The lowest BCUT2D eigenvalue weighted by molar-refractivity contribution is -0.143. The van der Waals surface area contributed by atoms with Gasteiger partial charge in [0, 0.05) is 12.8 Å². The lowest BCUT2D eigenvalue weighted by Gasteiger charge is -2.20. The van der Waals surface area contributed by atoms with E-state index < -0.39 is 12.1 Å². The predicted octanol–water partition coefficient (Wildman–Crippen LogP) is 19.6. The zero-order valence-corrected chi connectivity index (χ0v) is 47.0. The Hall–Kier alpha value is -1.92. The van der Waals surface area contributed by atoms with Crippen molar-refractivity contribution in [2.45, 2.75) is 347 Å². The summed E-state index contributed by atoms with van der Waals surface area (Å²) in [5.41, 5.74) is 0. The van der Waals surface area contributed by atoms with Crippen molar-refractivity contribution in [2.24, 2.45) is 0 Å². The summed E-state index contributed by atoms with van der Waals surface area (Å²) in [6.45, 7) is 4.89. The third kappa shape index (κ3) is 55.4. The molecule has 0 aromatic carbocycles. The molecule has 2 unspecified atom stereocenters. The van der Waals surface area contributed by atoms with Crippen molar-refractivity contribution in [3.63, 3.8) is 0 Å². The summed E-state index contributed by atoms with van der Waals surface area (Å²) in [5.74, 6) is -0.0661. The van der Waals surface area contributed by atoms with E-state index in [-0.39, 0.29) is 18.5 Å². The smallest absolute Gasteiger partial charge is 0.305 e. The molecule has 0 bridgehead atoms. The number of nitrogens with one attached hydrogen (secondary N) is 1. The van der Waals surface area contributed by atoms with Crippen LogP contribution in [0.1, 0.15) is 335 Å². The van der Waals surface area contributed by atoms with Crippen molar-refractivity contribution in [3.8, 4) is 0 Å². The molecule has 6 nitrogen and oxygen atoms in total. The Morgan fingerprint density at radius 2 is 0.714 bits per heavy atom. The van der Waals surface area contributed by atoms with Crippen molar-refractivity contribution in [3.05, 3.63) is 36.5 Å². The monoisotopic (exact) mass is 984 g/mol. The fourth-order valence-electron chi connectivity index (χ4n) is 9.61. The Morgan fingerprint density at radius 1 is 0.400 bits per heavy atom. The van der Waals surface area contributed by atoms with Crippen LogP contribution in [0.2, 0.25) is 0 Å². The Kier molecular flexibility index (Phi) is 58.0. The Labute approximate surface area is 436 Å². The lowest BCUT2D eigenvalue weighted by atomic mass is 10.0. The van der Waals surface area contributed by atoms with Gasteiger partial charge < -0.3 is 20.3 Å². The Bertz CT molecular complexity index is 1130. The second-order valence-corrected chi connectivity index (χ2v) is 21.4. The molecule has 0 aliphatic carbocycles. The van der Waals surface area contributed by atoms with Gasteiger partial charge in [0.2, 0.25) is 5.91 Å². The van der Waals surface area contributed by atoms with E-state index in [0.717, 1.165) is 51.4 Å². The normalized spacial score (nSPS) is 12.8. The maximum absolute atomic E-state index is 12.5. The van der Waals surface area contributed by atoms with Gasteiger partial charge in [0.05, 0.1) is 25.4 Å². The van der Waals surface area contributed by atoms with Crippen LogP contribution < -0.4 is 5.32 Å². The summed E-state index contributed by atoms with van der Waals surface area (Å²) < 4.78 is 5.49. The highest BCUT2D eigenvalue weighted by Crippen LogP contribution is 2.17. The van der Waals surface area contributed by atoms with Crippen molar-refractivity contribution < 1.29 is 24.5 Å². The molecule has 0 aliphatic heterocycles. The molecule has 0 aromatic rings. The highest BCUT2D eigenvalue weighted by Gasteiger charge is 2.18. The first-order valence-corrected chi connectivity index (χ1v) is 31.3. The fraction of sp³-hybridized carbons (Fsp3) is 0.875. The number of allylic oxidation sites excluding steroid dienone is 5. The first-order chi connectivity index (χ1) is 34.5. The van der Waals surface area contributed by atoms with E-state index in [1.54, 1.807) is 6.08 Å². The van der Waals surface area contributed by atoms with Crippen LogP contribution >= 0.6 is 0 Å². The van der Waals surface area contributed by atoms with Crippen LogP contribution in [0.15, 0.2) is 36.5 Å². The molecule has 0 fully saturated rings. The van der Waals surface area contributed by atoms with E-state index in [1.807, 2.05) is 6.08 Å². The first-order valence-electron chi connectivity index (χ1n) is 31.3. The van der Waals surface area contributed by atoms with E-state index in [1.165, 1.54) is 257 Å². The number of carbonyl (C=O) groups is 2. The fourth-order valence-corrected chi connectivity index (χ4v) is 9.61. The van der Waals surface area contributed by atoms with Gasteiger partial charge in [-0.05, 0) is 64.2 Å². The minimum absolute atomic E-state index is 0.00230. The third-order valence-electron chi connectivity index (χ3n) is 14.4. The SMILES string of the molecule is CCCCC/C=C\C/C=C\CCCCCCCCCC(=O)OCCCCCCCCCCCCCCCCCCCCCCC(=O)NC(CO)C(O)/C=C/CCCCCCCCCCCCCCCC. The molecule has 0 spiro atoms. The van der Waals surface area contributed by atoms with Crippen LogP contribution in [0.5, 0.6) is 0 Å². The lowest BCUT2D eigenvalue weighted by Crippen LogP contribution is -2.45. The second kappa shape index (κ2) is 59.6. The standard InChI is InChI=1S/C64H121NO5/c1-3-5-7-9-11-13-15-17-19-25-30-34-38-42-46-50-54-58-64(69)70-59-55-51-47-43-39-35-31-27-24-22-21-23-26-29-33-37-41-45-49-53-57-63(68)65-61(60-66)62(67)56-52-48-44-40-36-32-28-20-18-16-14-12-10-8-6-4-2/h11,13,17,19,52,56,61-62,66-67H,3-10,12,14-16,18,20-51,53-55,57-60H2,1-2H3,(H,65,68)/b13-11-,19-17-,56-52+. The van der Waals surface area contributed by atoms with E-state index >= 15 is 0 Å². The van der Waals surface area contributed by atoms with E-state index in [9.17, 15) is 19.8 Å². The number of unbranched alkanes of at least 4 members (excludes halogenated alkanes) is 43. The second-order valence-electron chi connectivity index (χ2n) is 21.4. The van der Waals surface area contributed by atoms with Crippen molar-refractivity contribution in [1.29, 1.82) is 0 Å². The van der Waals surface area contributed by atoms with Crippen molar-refractivity contribution in [1.82, 2.24) is 5.32 Å². The van der Waals surface area contributed by atoms with E-state index in [2.05, 4.69) is 43.5 Å². The van der Waals surface area contributed by atoms with Crippen molar-refractivity contribution >= 4 is 11.9 Å². The summed E-state index contributed by atoms with van der Waals surface area (Å²) in [7, 11) is 0. The summed E-state index contributed by atoms with van der Waals surface area (Å²) in [5, 5.41) is 23.1. The van der Waals surface area contributed by atoms with Gasteiger partial charge in [-0.25, -0.2) is 0 Å². The largest absolute Gasteiger partial charge is 0.466 e. The number of aliphatic hydroxyl groups is 2. The molecule has 0 aromatic heterocycles. The van der Waals surface area contributed by atoms with Gasteiger partial charge in [0.15, 0.2) is 0 Å². The van der Waals surface area contributed by atoms with Gasteiger partial charge in [0.25, 0.3) is 0 Å². The molecular weight excluding hydrogens is 863 g/mol. The summed E-state index contributed by atoms with van der Waals surface area (Å²) in [6, 6.07) is -0.630. The minimum atomic E-state index is -0.846. The van der Waals surface area contributed by atoms with E-state index in [4.69, 9.17) is 4.74 Å². The van der Waals surface area contributed by atoms with Crippen molar-refractivity contribution in [2.75, 3.05) is 13.2 Å². The van der Waals surface area contributed by atoms with Crippen LogP contribution in [0.4, 0.5) is 0 Å². The van der Waals surface area contributed by atoms with Gasteiger partial charge in [-0.1, -0.05) is 294 Å². The average Bonchev–Trinajstić information content (AvgIpc) is 3.36. The quantitative estimate of drug-likeness (QED) is 0.0321. The predicted molar refractivity (Wildman–Crippen MR) is 306 cm³/mol. The maximum atomic E-state index is 12.5. The minimum Gasteiger partial charge on any atom is -0.466 e. The zero-order valence-electron chi connectivity index (χ0n) is 47.0. The molecule has 2 atom stereocenters. The number of amides is 1. The van der Waals surface area contributed by atoms with Gasteiger partial charge in [-0.15, -0.1) is 0 Å². The molecule has 412 valence electrons. The number of aliphatic hydroxyl groups excluding tert-OH is 2. The molecule has 1 amide bonds. The molecular formula is C64H121NO5. The van der Waals surface area contributed by atoms with Crippen LogP contribution in [-0.2, 0) is 14.3 Å². The highest BCUT2D eigenvalue weighted by molar-refractivity contribution is 5.76. The van der Waals surface area contributed by atoms with Gasteiger partial charge >= 0.3 is 5.97 Å². The van der Waals surface area contributed by atoms with Crippen LogP contribution in [0.25, 0.3) is 0 Å². The number of carbonyl (C=O) groups excluding carboxylic acids is 2. The molecule has 70 heavy (non-hydrogen) atoms. The molecule has 0 rings (SSSR count). The van der Waals surface area contributed by atoms with E-state index in [0.29, 0.717) is 19.4 Å². The third-order valence-corrected chi connectivity index (χ3v) is 14.4. The topological polar surface area (TPSA) is 95.9 Å². The molecule has 0 saturated carbocycles. The molecule has 0 saturated heterocycles. The number of rotatable bonds is 58. The number of hydrogen-bond donors (Lipinski definition) is 3. The zero-order chi connectivity index (χ0) is 50.7. The molecule has 3 N–H and O–H groups in total. The van der Waals surface area contributed by atoms with Crippen LogP contribution in [0, 0.1) is 0 Å². The summed E-state index contributed by atoms with van der Waals surface area (Å²) >= 11 is 0. The first kappa shape index (κ1) is 68.1. The molecule has 0 heterocycles. The molecule has 0 aliphatic rings. The average molecular weight is 985 g/mol. The van der Waals surface area contributed by atoms with Gasteiger partial charge in [-0.3, -0.25) is 9.59 Å². The number of ether oxygens (including phenoxy) is 1. The maximum Gasteiger partial charge on any atom is 0.305 e. The van der Waals surface area contributed by atoms with Gasteiger partial charge in [-0.2, -0.15) is 0 Å². The van der Waals surface area contributed by atoms with Crippen LogP contribution in [-0.4, -0.2) is 47.4 Å². The number of esters is 1. The summed E-state index contributed by atoms with van der Waals surface area (Å²) in [6.07, 6.45) is 74.6.